The fraction of sp³-hybridized carbons (Fsp3) is 0.400. The summed E-state index contributed by atoms with van der Waals surface area (Å²) >= 11 is 0. The van der Waals surface area contributed by atoms with Crippen LogP contribution in [0, 0.1) is 0 Å². The second-order valence-electron chi connectivity index (χ2n) is 2.39. The molecule has 0 spiro atoms. The molecule has 1 nitrogen and oxygen atoms in total. The highest BCUT2D eigenvalue weighted by molar-refractivity contribution is 5.14. The quantitative estimate of drug-likeness (QED) is 0.699. The van der Waals surface area contributed by atoms with Crippen LogP contribution in [0.4, 0.5) is 0 Å². The maximum atomic E-state index is 8.70. The Balaban J connectivity index is 2.44. The van der Waals surface area contributed by atoms with E-state index in [9.17, 15) is 0 Å². The number of hydrogen-bond donors (Lipinski definition) is 1. The van der Waals surface area contributed by atoms with Crippen LogP contribution in [0.3, 0.4) is 0 Å². The summed E-state index contributed by atoms with van der Waals surface area (Å²) < 4.78 is 14.7. The van der Waals surface area contributed by atoms with Gasteiger partial charge in [-0.2, -0.15) is 0 Å². The molecule has 0 radical (unpaired) electrons. The first-order valence-corrected chi connectivity index (χ1v) is 3.79. The molecule has 11 heavy (non-hydrogen) atoms. The van der Waals surface area contributed by atoms with Gasteiger partial charge in [-0.15, -0.1) is 0 Å². The van der Waals surface area contributed by atoms with Crippen LogP contribution in [0.5, 0.6) is 0 Å². The molecule has 0 amide bonds. The molecule has 1 aromatic rings. The number of hydrogen-bond acceptors (Lipinski definition) is 1. The molecular weight excluding hydrogens is 136 g/mol. The molecule has 0 aliphatic heterocycles. The lowest BCUT2D eigenvalue weighted by molar-refractivity contribution is 0.284. The Morgan fingerprint density at radius 1 is 1.27 bits per heavy atom. The van der Waals surface area contributed by atoms with Crippen LogP contribution >= 0.6 is 0 Å². The van der Waals surface area contributed by atoms with Crippen LogP contribution in [0.1, 0.15) is 21.1 Å². The molecule has 0 atom stereocenters. The predicted octanol–water partition coefficient (Wildman–Crippen LogP) is 2.00. The van der Waals surface area contributed by atoms with Crippen molar-refractivity contribution in [3.63, 3.8) is 0 Å². The van der Waals surface area contributed by atoms with Gasteiger partial charge in [0.25, 0.3) is 0 Å². The van der Waals surface area contributed by atoms with E-state index in [0.29, 0.717) is 12.8 Å². The highest BCUT2D eigenvalue weighted by atomic mass is 16.2. The third-order valence-electron chi connectivity index (χ3n) is 1.55. The first-order valence-electron chi connectivity index (χ1n) is 4.79. The highest BCUT2D eigenvalue weighted by Gasteiger charge is 1.89. The molecule has 1 rings (SSSR count). The standard InChI is InChI=1S/C10H14O/c11-9-5-4-8-10-6-2-1-3-7-10/h1-3,6-7,11H,4-5,8-9H2/i5D2. The summed E-state index contributed by atoms with van der Waals surface area (Å²) in [4.78, 5) is 0. The van der Waals surface area contributed by atoms with Crippen molar-refractivity contribution in [1.29, 1.82) is 0 Å². The lowest BCUT2D eigenvalue weighted by atomic mass is 10.1. The SMILES string of the molecule is [2H]C([2H])(CO)CCc1ccccc1. The zero-order valence-electron chi connectivity index (χ0n) is 8.46. The Morgan fingerprint density at radius 2 is 2.00 bits per heavy atom. The Kier molecular flexibility index (Phi) is 2.58. The van der Waals surface area contributed by atoms with Crippen molar-refractivity contribution in [1.82, 2.24) is 0 Å². The van der Waals surface area contributed by atoms with Crippen molar-refractivity contribution < 1.29 is 7.85 Å². The van der Waals surface area contributed by atoms with Gasteiger partial charge in [-0.05, 0) is 24.8 Å². The van der Waals surface area contributed by atoms with Gasteiger partial charge in [-0.3, -0.25) is 0 Å². The topological polar surface area (TPSA) is 20.2 Å². The van der Waals surface area contributed by atoms with Gasteiger partial charge in [-0.1, -0.05) is 30.3 Å². The number of aryl methyl sites for hydroxylation is 1. The smallest absolute Gasteiger partial charge is 0.0431 e. The molecule has 0 heterocycles. The van der Waals surface area contributed by atoms with Crippen molar-refractivity contribution in [2.75, 3.05) is 6.61 Å². The van der Waals surface area contributed by atoms with Crippen LogP contribution in [0.2, 0.25) is 0 Å². The van der Waals surface area contributed by atoms with E-state index in [1.165, 1.54) is 0 Å². The number of aliphatic hydroxyl groups is 1. The maximum absolute atomic E-state index is 8.70. The summed E-state index contributed by atoms with van der Waals surface area (Å²) in [6, 6.07) is 9.73. The molecule has 0 saturated heterocycles. The van der Waals surface area contributed by atoms with Crippen molar-refractivity contribution in [2.24, 2.45) is 0 Å². The van der Waals surface area contributed by atoms with Crippen molar-refractivity contribution in [3.05, 3.63) is 35.9 Å². The van der Waals surface area contributed by atoms with Crippen LogP contribution < -0.4 is 0 Å². The Hall–Kier alpha value is -0.820. The normalized spacial score (nSPS) is 13.9. The van der Waals surface area contributed by atoms with Gasteiger partial charge in [-0.25, -0.2) is 0 Å². The summed E-state index contributed by atoms with van der Waals surface area (Å²) in [6.07, 6.45) is -0.405. The van der Waals surface area contributed by atoms with Crippen molar-refractivity contribution in [2.45, 2.75) is 19.2 Å². The van der Waals surface area contributed by atoms with Gasteiger partial charge < -0.3 is 5.11 Å². The first kappa shape index (κ1) is 5.78. The second-order valence-corrected chi connectivity index (χ2v) is 2.39. The molecule has 1 aromatic carbocycles. The van der Waals surface area contributed by atoms with Gasteiger partial charge in [0, 0.05) is 9.35 Å². The molecule has 0 bridgehead atoms. The summed E-state index contributed by atoms with van der Waals surface area (Å²) in [5.74, 6) is 0. The van der Waals surface area contributed by atoms with E-state index in [1.54, 1.807) is 0 Å². The maximum Gasteiger partial charge on any atom is 0.0431 e. The predicted molar refractivity (Wildman–Crippen MR) is 46.5 cm³/mol. The fourth-order valence-corrected chi connectivity index (χ4v) is 0.956. The molecular formula is C10H14O. The monoisotopic (exact) mass is 152 g/mol. The van der Waals surface area contributed by atoms with E-state index in [-0.39, 0.29) is 0 Å². The molecule has 0 fully saturated rings. The third-order valence-corrected chi connectivity index (χ3v) is 1.55. The summed E-state index contributed by atoms with van der Waals surface area (Å²) in [5, 5.41) is 8.70. The molecule has 0 saturated carbocycles. The molecule has 60 valence electrons. The van der Waals surface area contributed by atoms with Gasteiger partial charge >= 0.3 is 0 Å². The molecule has 0 unspecified atom stereocenters. The number of rotatable bonds is 4. The van der Waals surface area contributed by atoms with E-state index < -0.39 is 13.0 Å². The van der Waals surface area contributed by atoms with E-state index >= 15 is 0 Å². The summed E-state index contributed by atoms with van der Waals surface area (Å²) in [6.45, 7) is -0.403. The molecule has 1 N–H and O–H groups in total. The average Bonchev–Trinajstić information content (AvgIpc) is 2.17. The second kappa shape index (κ2) is 4.91. The Morgan fingerprint density at radius 3 is 2.64 bits per heavy atom. The number of aliphatic hydroxyl groups excluding tert-OH is 1. The van der Waals surface area contributed by atoms with Crippen LogP contribution in [-0.4, -0.2) is 11.7 Å². The number of benzene rings is 1. The summed E-state index contributed by atoms with van der Waals surface area (Å²) in [7, 11) is 0. The van der Waals surface area contributed by atoms with Crippen molar-refractivity contribution >= 4 is 0 Å². The van der Waals surface area contributed by atoms with E-state index in [2.05, 4.69) is 0 Å². The zero-order valence-corrected chi connectivity index (χ0v) is 6.46. The van der Waals surface area contributed by atoms with Crippen LogP contribution in [-0.2, 0) is 6.42 Å². The molecule has 0 aliphatic rings. The fourth-order valence-electron chi connectivity index (χ4n) is 0.956. The van der Waals surface area contributed by atoms with Crippen LogP contribution in [0.15, 0.2) is 30.3 Å². The minimum absolute atomic E-state index is 0.369. The summed E-state index contributed by atoms with van der Waals surface area (Å²) in [5.41, 5.74) is 1.11. The highest BCUT2D eigenvalue weighted by Crippen LogP contribution is 2.03. The minimum atomic E-state index is -1.45. The zero-order chi connectivity index (χ0) is 9.73. The van der Waals surface area contributed by atoms with E-state index in [0.717, 1.165) is 5.56 Å². The lowest BCUT2D eigenvalue weighted by Gasteiger charge is -1.97. The van der Waals surface area contributed by atoms with Gasteiger partial charge in [0.15, 0.2) is 0 Å². The first-order chi connectivity index (χ1) is 6.14. The van der Waals surface area contributed by atoms with E-state index in [4.69, 9.17) is 7.85 Å². The molecule has 1 heteroatoms. The third kappa shape index (κ3) is 3.19. The average molecular weight is 152 g/mol. The van der Waals surface area contributed by atoms with Gasteiger partial charge in [0.1, 0.15) is 0 Å². The van der Waals surface area contributed by atoms with Crippen molar-refractivity contribution in [3.8, 4) is 0 Å². The molecule has 0 aliphatic carbocycles. The lowest BCUT2D eigenvalue weighted by Crippen LogP contribution is -1.87. The van der Waals surface area contributed by atoms with Gasteiger partial charge in [0.2, 0.25) is 0 Å². The molecule has 0 aromatic heterocycles. The Labute approximate surface area is 70.5 Å². The van der Waals surface area contributed by atoms with E-state index in [1.807, 2.05) is 30.3 Å². The minimum Gasteiger partial charge on any atom is -0.396 e. The van der Waals surface area contributed by atoms with Gasteiger partial charge in [0.05, 0.1) is 0 Å². The largest absolute Gasteiger partial charge is 0.396 e. The Bertz CT molecular complexity index is 246. The van der Waals surface area contributed by atoms with Crippen LogP contribution in [0.25, 0.3) is 0 Å².